The molecule has 0 aliphatic rings. The molecule has 0 fully saturated rings. The number of nitrogens with one attached hydrogen (secondary N) is 1. The Bertz CT molecular complexity index is 580. The molecule has 22 heavy (non-hydrogen) atoms. The van der Waals surface area contributed by atoms with Gasteiger partial charge in [0.25, 0.3) is 0 Å². The lowest BCUT2D eigenvalue weighted by Crippen LogP contribution is -2.05. The summed E-state index contributed by atoms with van der Waals surface area (Å²) in [5.74, 6) is 0.814. The largest absolute Gasteiger partial charge is 0.497 e. The molecule has 0 aromatic heterocycles. The average molecular weight is 299 g/mol. The van der Waals surface area contributed by atoms with E-state index in [4.69, 9.17) is 9.84 Å². The van der Waals surface area contributed by atoms with Gasteiger partial charge in [-0.1, -0.05) is 12.1 Å². The fraction of sp³-hybridized carbons (Fsp3) is 0.294. The second-order valence-electron chi connectivity index (χ2n) is 4.76. The normalized spacial score (nSPS) is 10.8. The highest BCUT2D eigenvalue weighted by atomic mass is 16.5. The molecule has 0 spiro atoms. The predicted octanol–water partition coefficient (Wildman–Crippen LogP) is 3.43. The van der Waals surface area contributed by atoms with Crippen molar-refractivity contribution in [3.63, 3.8) is 0 Å². The van der Waals surface area contributed by atoms with Crippen molar-refractivity contribution in [2.45, 2.75) is 6.42 Å². The Kier molecular flexibility index (Phi) is 6.39. The number of aliphatic hydroxyl groups excluding tert-OH is 1. The summed E-state index contributed by atoms with van der Waals surface area (Å²) in [7, 11) is 1.64. The lowest BCUT2D eigenvalue weighted by molar-refractivity contribution is 0.311. The minimum absolute atomic E-state index is 0.132. The summed E-state index contributed by atoms with van der Waals surface area (Å²) in [6, 6.07) is 15.6. The Hall–Kier alpha value is -2.40. The van der Waals surface area contributed by atoms with Gasteiger partial charge in [-0.25, -0.2) is 0 Å². The number of azo groups is 1. The third-order valence-corrected chi connectivity index (χ3v) is 3.15. The van der Waals surface area contributed by atoms with Crippen LogP contribution in [0.4, 0.5) is 11.4 Å². The summed E-state index contributed by atoms with van der Waals surface area (Å²) in [4.78, 5) is 0. The predicted molar refractivity (Wildman–Crippen MR) is 88.1 cm³/mol. The summed E-state index contributed by atoms with van der Waals surface area (Å²) in [5, 5.41) is 20.3. The van der Waals surface area contributed by atoms with E-state index in [1.165, 1.54) is 5.56 Å². The van der Waals surface area contributed by atoms with Gasteiger partial charge in [0.15, 0.2) is 0 Å². The fourth-order valence-electron chi connectivity index (χ4n) is 1.95. The van der Waals surface area contributed by atoms with Crippen molar-refractivity contribution < 1.29 is 9.84 Å². The van der Waals surface area contributed by atoms with Crippen molar-refractivity contribution in [1.29, 1.82) is 0 Å². The van der Waals surface area contributed by atoms with Crippen LogP contribution in [0.2, 0.25) is 0 Å². The number of hydrogen-bond donors (Lipinski definition) is 2. The molecular formula is C17H21N3O2. The summed E-state index contributed by atoms with van der Waals surface area (Å²) >= 11 is 0. The molecule has 0 atom stereocenters. The molecule has 0 amide bonds. The van der Waals surface area contributed by atoms with Crippen LogP contribution in [0, 0.1) is 0 Å². The number of hydrogen-bond acceptors (Lipinski definition) is 5. The van der Waals surface area contributed by atoms with Gasteiger partial charge in [-0.3, -0.25) is 0 Å². The highest BCUT2D eigenvalue weighted by Crippen LogP contribution is 2.18. The van der Waals surface area contributed by atoms with E-state index < -0.39 is 0 Å². The molecule has 2 rings (SSSR count). The van der Waals surface area contributed by atoms with E-state index >= 15 is 0 Å². The molecule has 0 saturated carbocycles. The zero-order valence-corrected chi connectivity index (χ0v) is 12.7. The Balaban J connectivity index is 1.78. The van der Waals surface area contributed by atoms with Crippen LogP contribution in [0.1, 0.15) is 5.56 Å². The second kappa shape index (κ2) is 8.79. The molecule has 0 radical (unpaired) electrons. The number of aliphatic hydroxyl groups is 1. The van der Waals surface area contributed by atoms with E-state index in [9.17, 15) is 0 Å². The minimum atomic E-state index is 0.132. The van der Waals surface area contributed by atoms with Crippen LogP contribution in [0.15, 0.2) is 58.8 Å². The SMILES string of the molecule is COc1ccc(N=NCCc2ccc(NCCO)cc2)cc1. The van der Waals surface area contributed by atoms with Crippen molar-refractivity contribution >= 4 is 11.4 Å². The number of nitrogens with zero attached hydrogens (tertiary/aromatic N) is 2. The molecule has 2 N–H and O–H groups in total. The van der Waals surface area contributed by atoms with E-state index in [1.54, 1.807) is 7.11 Å². The average Bonchev–Trinajstić information content (AvgIpc) is 2.58. The molecule has 5 nitrogen and oxygen atoms in total. The lowest BCUT2D eigenvalue weighted by atomic mass is 10.1. The fourth-order valence-corrected chi connectivity index (χ4v) is 1.95. The van der Waals surface area contributed by atoms with Crippen LogP contribution >= 0.6 is 0 Å². The van der Waals surface area contributed by atoms with Crippen molar-refractivity contribution in [3.05, 3.63) is 54.1 Å². The summed E-state index contributed by atoms with van der Waals surface area (Å²) in [5.41, 5.74) is 3.05. The molecule has 0 saturated heterocycles. The first kappa shape index (κ1) is 16.0. The van der Waals surface area contributed by atoms with Crippen molar-refractivity contribution in [2.24, 2.45) is 10.2 Å². The van der Waals surface area contributed by atoms with Crippen LogP contribution in [0.5, 0.6) is 5.75 Å². The maximum absolute atomic E-state index is 8.76. The maximum atomic E-state index is 8.76. The lowest BCUT2D eigenvalue weighted by Gasteiger charge is -2.05. The first-order valence-electron chi connectivity index (χ1n) is 7.27. The second-order valence-corrected chi connectivity index (χ2v) is 4.76. The molecule has 2 aromatic rings. The van der Waals surface area contributed by atoms with E-state index in [2.05, 4.69) is 27.7 Å². The van der Waals surface area contributed by atoms with E-state index in [0.717, 1.165) is 23.5 Å². The van der Waals surface area contributed by atoms with Gasteiger partial charge in [0.05, 0.1) is 25.9 Å². The van der Waals surface area contributed by atoms with Crippen molar-refractivity contribution in [3.8, 4) is 5.75 Å². The Morgan fingerprint density at radius 1 is 1.05 bits per heavy atom. The summed E-state index contributed by atoms with van der Waals surface area (Å²) < 4.78 is 5.10. The van der Waals surface area contributed by atoms with E-state index in [1.807, 2.05) is 36.4 Å². The molecule has 0 aliphatic carbocycles. The quantitative estimate of drug-likeness (QED) is 0.734. The molecule has 5 heteroatoms. The van der Waals surface area contributed by atoms with E-state index in [0.29, 0.717) is 13.1 Å². The molecule has 116 valence electrons. The van der Waals surface area contributed by atoms with Gasteiger partial charge in [-0.05, 0) is 48.4 Å². The number of benzene rings is 2. The van der Waals surface area contributed by atoms with Crippen LogP contribution in [-0.4, -0.2) is 31.9 Å². The first-order chi connectivity index (χ1) is 10.8. The van der Waals surface area contributed by atoms with Crippen LogP contribution in [0.25, 0.3) is 0 Å². The standard InChI is InChI=1S/C17H21N3O2/c1-22-17-8-6-16(7-9-17)20-19-11-10-14-2-4-15(5-3-14)18-12-13-21/h2-9,18,21H,10-13H2,1H3. The molecule has 0 heterocycles. The maximum Gasteiger partial charge on any atom is 0.119 e. The molecule has 0 aliphatic heterocycles. The highest BCUT2D eigenvalue weighted by molar-refractivity contribution is 5.44. The zero-order valence-electron chi connectivity index (χ0n) is 12.7. The molecular weight excluding hydrogens is 278 g/mol. The first-order valence-corrected chi connectivity index (χ1v) is 7.27. The van der Waals surface area contributed by atoms with Crippen molar-refractivity contribution in [2.75, 3.05) is 32.1 Å². The zero-order chi connectivity index (χ0) is 15.6. The molecule has 0 bridgehead atoms. The number of rotatable bonds is 8. The van der Waals surface area contributed by atoms with Crippen LogP contribution in [-0.2, 0) is 6.42 Å². The number of ether oxygens (including phenoxy) is 1. The van der Waals surface area contributed by atoms with Gasteiger partial charge >= 0.3 is 0 Å². The topological polar surface area (TPSA) is 66.2 Å². The Morgan fingerprint density at radius 2 is 1.77 bits per heavy atom. The Morgan fingerprint density at radius 3 is 2.41 bits per heavy atom. The van der Waals surface area contributed by atoms with Gasteiger partial charge in [0.2, 0.25) is 0 Å². The number of anilines is 1. The minimum Gasteiger partial charge on any atom is -0.497 e. The Labute approximate surface area is 130 Å². The summed E-state index contributed by atoms with van der Waals surface area (Å²) in [6.45, 7) is 1.35. The van der Waals surface area contributed by atoms with Gasteiger partial charge in [0.1, 0.15) is 5.75 Å². The molecule has 0 unspecified atom stereocenters. The van der Waals surface area contributed by atoms with Gasteiger partial charge in [0, 0.05) is 12.2 Å². The van der Waals surface area contributed by atoms with Gasteiger partial charge in [-0.2, -0.15) is 10.2 Å². The summed E-state index contributed by atoms with van der Waals surface area (Å²) in [6.07, 6.45) is 0.847. The molecule has 2 aromatic carbocycles. The third-order valence-electron chi connectivity index (χ3n) is 3.15. The van der Waals surface area contributed by atoms with Crippen LogP contribution in [0.3, 0.4) is 0 Å². The number of methoxy groups -OCH3 is 1. The van der Waals surface area contributed by atoms with Gasteiger partial charge in [-0.15, -0.1) is 0 Å². The smallest absolute Gasteiger partial charge is 0.119 e. The highest BCUT2D eigenvalue weighted by Gasteiger charge is 1.95. The van der Waals surface area contributed by atoms with E-state index in [-0.39, 0.29) is 6.61 Å². The van der Waals surface area contributed by atoms with Gasteiger partial charge < -0.3 is 15.2 Å². The third kappa shape index (κ3) is 5.18. The monoisotopic (exact) mass is 299 g/mol. The van der Waals surface area contributed by atoms with Crippen molar-refractivity contribution in [1.82, 2.24) is 0 Å². The van der Waals surface area contributed by atoms with Crippen LogP contribution < -0.4 is 10.1 Å².